The van der Waals surface area contributed by atoms with E-state index in [0.29, 0.717) is 23.6 Å². The molecule has 0 unspecified atom stereocenters. The Morgan fingerprint density at radius 2 is 2.24 bits per heavy atom. The number of aromatic nitrogens is 2. The average molecular weight is 285 g/mol. The zero-order valence-electron chi connectivity index (χ0n) is 12.3. The number of nitrogens with one attached hydrogen (secondary N) is 1. The summed E-state index contributed by atoms with van der Waals surface area (Å²) in [6, 6.07) is 7.03. The summed E-state index contributed by atoms with van der Waals surface area (Å²) in [6.45, 7) is 2.17. The standard InChI is InChI=1S/C16H19N3O2/c1-10-13(4-3-5-15(10)20)16(21)17-9-12-8-14(11-6-7-11)18-19(12)2/h3-5,8,11,20H,6-7,9H2,1-2H3,(H,17,21). The zero-order valence-corrected chi connectivity index (χ0v) is 12.3. The van der Waals surface area contributed by atoms with Crippen molar-refractivity contribution >= 4 is 5.91 Å². The van der Waals surface area contributed by atoms with Gasteiger partial charge in [-0.25, -0.2) is 0 Å². The van der Waals surface area contributed by atoms with Crippen molar-refractivity contribution in [3.8, 4) is 5.75 Å². The Bertz CT molecular complexity index is 687. The van der Waals surface area contributed by atoms with Crippen LogP contribution in [-0.4, -0.2) is 20.8 Å². The highest BCUT2D eigenvalue weighted by atomic mass is 16.3. The third-order valence-corrected chi connectivity index (χ3v) is 3.97. The Morgan fingerprint density at radius 1 is 1.48 bits per heavy atom. The van der Waals surface area contributed by atoms with Crippen LogP contribution in [-0.2, 0) is 13.6 Å². The lowest BCUT2D eigenvalue weighted by atomic mass is 10.1. The Kier molecular flexibility index (Phi) is 3.41. The van der Waals surface area contributed by atoms with Crippen molar-refractivity contribution in [2.24, 2.45) is 7.05 Å². The van der Waals surface area contributed by atoms with Crippen LogP contribution >= 0.6 is 0 Å². The molecule has 1 amide bonds. The van der Waals surface area contributed by atoms with E-state index in [0.717, 1.165) is 11.4 Å². The van der Waals surface area contributed by atoms with E-state index >= 15 is 0 Å². The number of rotatable bonds is 4. The maximum Gasteiger partial charge on any atom is 0.252 e. The maximum atomic E-state index is 12.2. The molecule has 0 bridgehead atoms. The SMILES string of the molecule is Cc1c(O)cccc1C(=O)NCc1cc(C2CC2)nn1C. The van der Waals surface area contributed by atoms with Gasteiger partial charge in [0.05, 0.1) is 17.9 Å². The van der Waals surface area contributed by atoms with Crippen molar-refractivity contribution < 1.29 is 9.90 Å². The normalized spacial score (nSPS) is 14.2. The van der Waals surface area contributed by atoms with E-state index in [1.54, 1.807) is 25.1 Å². The van der Waals surface area contributed by atoms with Gasteiger partial charge in [-0.1, -0.05) is 6.07 Å². The molecule has 1 heterocycles. The predicted octanol–water partition coefficient (Wildman–Crippen LogP) is 2.24. The number of carbonyl (C=O) groups excluding carboxylic acids is 1. The van der Waals surface area contributed by atoms with E-state index in [1.165, 1.54) is 12.8 Å². The third kappa shape index (κ3) is 2.77. The molecule has 21 heavy (non-hydrogen) atoms. The number of phenols is 1. The minimum Gasteiger partial charge on any atom is -0.508 e. The molecular formula is C16H19N3O2. The first kappa shape index (κ1) is 13.7. The lowest BCUT2D eigenvalue weighted by molar-refractivity contribution is 0.0949. The molecule has 0 saturated heterocycles. The second-order valence-corrected chi connectivity index (χ2v) is 5.59. The highest BCUT2D eigenvalue weighted by Gasteiger charge is 2.26. The molecule has 1 aliphatic carbocycles. The second kappa shape index (κ2) is 5.24. The average Bonchev–Trinajstić information content (AvgIpc) is 3.24. The molecule has 1 saturated carbocycles. The number of carbonyl (C=O) groups is 1. The Morgan fingerprint density at radius 3 is 2.95 bits per heavy atom. The quantitative estimate of drug-likeness (QED) is 0.905. The molecular weight excluding hydrogens is 266 g/mol. The smallest absolute Gasteiger partial charge is 0.252 e. The molecule has 2 N–H and O–H groups in total. The van der Waals surface area contributed by atoms with E-state index in [9.17, 15) is 9.90 Å². The number of phenolic OH excluding ortho intramolecular Hbond substituents is 1. The molecule has 0 aliphatic heterocycles. The van der Waals surface area contributed by atoms with Gasteiger partial charge in [-0.15, -0.1) is 0 Å². The first-order chi connectivity index (χ1) is 10.1. The fourth-order valence-electron chi connectivity index (χ4n) is 2.41. The van der Waals surface area contributed by atoms with Crippen LogP contribution in [0.3, 0.4) is 0 Å². The second-order valence-electron chi connectivity index (χ2n) is 5.59. The highest BCUT2D eigenvalue weighted by Crippen LogP contribution is 2.39. The van der Waals surface area contributed by atoms with Crippen molar-refractivity contribution in [2.75, 3.05) is 0 Å². The van der Waals surface area contributed by atoms with E-state index in [1.807, 2.05) is 11.7 Å². The first-order valence-electron chi connectivity index (χ1n) is 7.16. The molecule has 1 aromatic carbocycles. The van der Waals surface area contributed by atoms with Crippen molar-refractivity contribution in [2.45, 2.75) is 32.2 Å². The van der Waals surface area contributed by atoms with Gasteiger partial charge in [-0.2, -0.15) is 5.10 Å². The molecule has 110 valence electrons. The summed E-state index contributed by atoms with van der Waals surface area (Å²) in [7, 11) is 1.90. The van der Waals surface area contributed by atoms with Gasteiger partial charge in [0.1, 0.15) is 5.75 Å². The number of hydrogen-bond donors (Lipinski definition) is 2. The van der Waals surface area contributed by atoms with Gasteiger partial charge in [0, 0.05) is 24.1 Å². The van der Waals surface area contributed by atoms with E-state index in [-0.39, 0.29) is 11.7 Å². The number of aryl methyl sites for hydroxylation is 1. The van der Waals surface area contributed by atoms with Gasteiger partial charge < -0.3 is 10.4 Å². The van der Waals surface area contributed by atoms with Gasteiger partial charge >= 0.3 is 0 Å². The third-order valence-electron chi connectivity index (χ3n) is 3.97. The molecule has 5 nitrogen and oxygen atoms in total. The Balaban J connectivity index is 1.69. The molecule has 0 atom stereocenters. The predicted molar refractivity (Wildman–Crippen MR) is 79.2 cm³/mol. The van der Waals surface area contributed by atoms with Crippen LogP contribution in [0.15, 0.2) is 24.3 Å². The van der Waals surface area contributed by atoms with Crippen LogP contribution in [0.25, 0.3) is 0 Å². The van der Waals surface area contributed by atoms with Crippen LogP contribution in [0.4, 0.5) is 0 Å². The zero-order chi connectivity index (χ0) is 15.0. The number of aromatic hydroxyl groups is 1. The molecule has 2 aromatic rings. The summed E-state index contributed by atoms with van der Waals surface area (Å²) in [5.41, 5.74) is 3.21. The summed E-state index contributed by atoms with van der Waals surface area (Å²) in [6.07, 6.45) is 2.43. The molecule has 0 spiro atoms. The van der Waals surface area contributed by atoms with Crippen molar-refractivity contribution in [1.82, 2.24) is 15.1 Å². The van der Waals surface area contributed by atoms with E-state index in [4.69, 9.17) is 0 Å². The minimum atomic E-state index is -0.183. The number of hydrogen-bond acceptors (Lipinski definition) is 3. The van der Waals surface area contributed by atoms with Crippen molar-refractivity contribution in [3.05, 3.63) is 46.8 Å². The number of benzene rings is 1. The first-order valence-corrected chi connectivity index (χ1v) is 7.16. The van der Waals surface area contributed by atoms with E-state index < -0.39 is 0 Å². The Hall–Kier alpha value is -2.30. The molecule has 3 rings (SSSR count). The van der Waals surface area contributed by atoms with Crippen molar-refractivity contribution in [3.63, 3.8) is 0 Å². The largest absolute Gasteiger partial charge is 0.508 e. The monoisotopic (exact) mass is 285 g/mol. The molecule has 1 fully saturated rings. The fourth-order valence-corrected chi connectivity index (χ4v) is 2.41. The van der Waals surface area contributed by atoms with Gasteiger partial charge in [-0.05, 0) is 38.0 Å². The van der Waals surface area contributed by atoms with Gasteiger partial charge in [0.2, 0.25) is 0 Å². The van der Waals surface area contributed by atoms with Crippen LogP contribution in [0.1, 0.15) is 46.1 Å². The maximum absolute atomic E-state index is 12.2. The molecule has 1 aliphatic rings. The van der Waals surface area contributed by atoms with Crippen molar-refractivity contribution in [1.29, 1.82) is 0 Å². The van der Waals surface area contributed by atoms with Gasteiger partial charge in [0.25, 0.3) is 5.91 Å². The van der Waals surface area contributed by atoms with Crippen LogP contribution in [0, 0.1) is 6.92 Å². The van der Waals surface area contributed by atoms with Crippen LogP contribution < -0.4 is 5.32 Å². The van der Waals surface area contributed by atoms with Gasteiger partial charge in [-0.3, -0.25) is 9.48 Å². The van der Waals surface area contributed by atoms with Crippen LogP contribution in [0.2, 0.25) is 0 Å². The highest BCUT2D eigenvalue weighted by molar-refractivity contribution is 5.96. The molecule has 0 radical (unpaired) electrons. The lowest BCUT2D eigenvalue weighted by Crippen LogP contribution is -2.24. The van der Waals surface area contributed by atoms with Crippen LogP contribution in [0.5, 0.6) is 5.75 Å². The lowest BCUT2D eigenvalue weighted by Gasteiger charge is -2.08. The van der Waals surface area contributed by atoms with E-state index in [2.05, 4.69) is 16.5 Å². The summed E-state index contributed by atoms with van der Waals surface area (Å²) < 4.78 is 1.82. The minimum absolute atomic E-state index is 0.138. The summed E-state index contributed by atoms with van der Waals surface area (Å²) in [5, 5.41) is 17.0. The summed E-state index contributed by atoms with van der Waals surface area (Å²) in [4.78, 5) is 12.2. The number of amides is 1. The molecule has 5 heteroatoms. The summed E-state index contributed by atoms with van der Waals surface area (Å²) >= 11 is 0. The summed E-state index contributed by atoms with van der Waals surface area (Å²) in [5.74, 6) is 0.561. The number of nitrogens with zero attached hydrogens (tertiary/aromatic N) is 2. The van der Waals surface area contributed by atoms with Gasteiger partial charge in [0.15, 0.2) is 0 Å². The fraction of sp³-hybridized carbons (Fsp3) is 0.375. The molecule has 1 aromatic heterocycles. The Labute approximate surface area is 123 Å². The topological polar surface area (TPSA) is 67.2 Å².